The molecule has 0 amide bonds. The molecular formula is C17H34O17. The molecule has 14 N–H and O–H groups in total. The second-order valence-electron chi connectivity index (χ2n) is 6.53. The van der Waals surface area contributed by atoms with E-state index < -0.39 is 93.3 Å². The first-order valence-electron chi connectivity index (χ1n) is 9.39. The summed E-state index contributed by atoms with van der Waals surface area (Å²) < 4.78 is 0. The van der Waals surface area contributed by atoms with Crippen molar-refractivity contribution >= 4 is 18.4 Å². The standard InChI is InChI=1S/2C6H12O6.C5H10O5/c2*7-1-3(9)5(11)6(12)4(10)2-8;6-1-3(8)5(10)4(9)2-7/h3,5-9,11-12H,1-2H2;1,3-6,8-12H,2H2;1,3-5,7-10H,2H2/t3-,5-,6-;3-,4+,5+,6+;3-,4-,5+/m101/s1. The third-order valence-corrected chi connectivity index (χ3v) is 3.88. The lowest BCUT2D eigenvalue weighted by Gasteiger charge is -2.22. The molecule has 0 radical (unpaired) electrons. The summed E-state index contributed by atoms with van der Waals surface area (Å²) in [5, 5.41) is 121. The van der Waals surface area contributed by atoms with Gasteiger partial charge in [-0.1, -0.05) is 0 Å². The summed E-state index contributed by atoms with van der Waals surface area (Å²) in [6, 6.07) is 0. The van der Waals surface area contributed by atoms with E-state index >= 15 is 0 Å². The van der Waals surface area contributed by atoms with E-state index in [9.17, 15) is 14.4 Å². The minimum atomic E-state index is -1.86. The van der Waals surface area contributed by atoms with Crippen molar-refractivity contribution in [2.75, 3.05) is 26.4 Å². The van der Waals surface area contributed by atoms with Crippen molar-refractivity contribution in [3.63, 3.8) is 0 Å². The van der Waals surface area contributed by atoms with Crippen LogP contribution in [0.1, 0.15) is 0 Å². The van der Waals surface area contributed by atoms with Crippen LogP contribution < -0.4 is 0 Å². The predicted molar refractivity (Wildman–Crippen MR) is 106 cm³/mol. The van der Waals surface area contributed by atoms with Gasteiger partial charge in [0.25, 0.3) is 0 Å². The number of aliphatic hydroxyl groups excluding tert-OH is 14. The smallest absolute Gasteiger partial charge is 0.189 e. The number of carbonyl (C=O) groups is 3. The lowest BCUT2D eigenvalue weighted by molar-refractivity contribution is -0.142. The van der Waals surface area contributed by atoms with Gasteiger partial charge < -0.3 is 81.1 Å². The van der Waals surface area contributed by atoms with Crippen LogP contribution in [0.3, 0.4) is 0 Å². The Morgan fingerprint density at radius 1 is 0.529 bits per heavy atom. The Morgan fingerprint density at radius 3 is 1.18 bits per heavy atom. The van der Waals surface area contributed by atoms with Crippen molar-refractivity contribution in [3.8, 4) is 0 Å². The zero-order valence-electron chi connectivity index (χ0n) is 17.7. The molecule has 0 spiro atoms. The highest BCUT2D eigenvalue weighted by Gasteiger charge is 2.30. The first-order valence-corrected chi connectivity index (χ1v) is 9.39. The number of carbonyl (C=O) groups excluding carboxylic acids is 3. The van der Waals surface area contributed by atoms with Gasteiger partial charge in [-0.3, -0.25) is 4.79 Å². The summed E-state index contributed by atoms with van der Waals surface area (Å²) in [6.45, 7) is -3.14. The van der Waals surface area contributed by atoms with Crippen molar-refractivity contribution in [1.29, 1.82) is 0 Å². The van der Waals surface area contributed by atoms with Gasteiger partial charge in [-0.15, -0.1) is 0 Å². The first-order chi connectivity index (χ1) is 15.7. The molecule has 0 saturated carbocycles. The van der Waals surface area contributed by atoms with Gasteiger partial charge in [-0.05, 0) is 0 Å². The van der Waals surface area contributed by atoms with Gasteiger partial charge in [0.15, 0.2) is 18.4 Å². The summed E-state index contributed by atoms with van der Waals surface area (Å²) in [7, 11) is 0. The zero-order valence-corrected chi connectivity index (χ0v) is 17.7. The summed E-state index contributed by atoms with van der Waals surface area (Å²) >= 11 is 0. The number of aliphatic hydroxyl groups is 14. The van der Waals surface area contributed by atoms with Crippen LogP contribution in [0.2, 0.25) is 0 Å². The highest BCUT2D eigenvalue weighted by Crippen LogP contribution is 2.03. The third kappa shape index (κ3) is 14.7. The minimum Gasteiger partial charge on any atom is -0.394 e. The largest absolute Gasteiger partial charge is 0.394 e. The van der Waals surface area contributed by atoms with E-state index in [1.165, 1.54) is 0 Å². The number of hydrogen-bond acceptors (Lipinski definition) is 17. The maximum atomic E-state index is 10.5. The van der Waals surface area contributed by atoms with Crippen LogP contribution in [0.4, 0.5) is 0 Å². The second kappa shape index (κ2) is 20.8. The molecule has 17 heteroatoms. The number of aldehydes is 2. The first kappa shape index (κ1) is 37.0. The lowest BCUT2D eigenvalue weighted by Crippen LogP contribution is -2.46. The van der Waals surface area contributed by atoms with Crippen molar-refractivity contribution in [2.24, 2.45) is 0 Å². The fraction of sp³-hybridized carbons (Fsp3) is 0.824. The molecule has 204 valence electrons. The normalized spacial score (nSPS) is 19.7. The van der Waals surface area contributed by atoms with E-state index in [1.54, 1.807) is 0 Å². The molecule has 0 unspecified atom stereocenters. The van der Waals surface area contributed by atoms with E-state index in [2.05, 4.69) is 0 Å². The van der Waals surface area contributed by atoms with Crippen molar-refractivity contribution < 1.29 is 85.9 Å². The molecule has 17 nitrogen and oxygen atoms in total. The average Bonchev–Trinajstić information content (AvgIpc) is 2.88. The molecule has 0 aromatic heterocycles. The quantitative estimate of drug-likeness (QED) is 0.0964. The van der Waals surface area contributed by atoms with Crippen molar-refractivity contribution in [3.05, 3.63) is 0 Å². The van der Waals surface area contributed by atoms with Gasteiger partial charge in [0, 0.05) is 0 Å². The summed E-state index contributed by atoms with van der Waals surface area (Å²) in [5.41, 5.74) is 0. The van der Waals surface area contributed by atoms with E-state index in [0.717, 1.165) is 0 Å². The fourth-order valence-electron chi connectivity index (χ4n) is 1.64. The topological polar surface area (TPSA) is 334 Å². The molecule has 0 aliphatic carbocycles. The molecule has 0 fully saturated rings. The zero-order chi connectivity index (χ0) is 27.6. The van der Waals surface area contributed by atoms with Crippen LogP contribution >= 0.6 is 0 Å². The van der Waals surface area contributed by atoms with Crippen molar-refractivity contribution in [1.82, 2.24) is 0 Å². The molecule has 0 saturated heterocycles. The van der Waals surface area contributed by atoms with Gasteiger partial charge >= 0.3 is 0 Å². The average molecular weight is 510 g/mol. The molecule has 10 atom stereocenters. The van der Waals surface area contributed by atoms with E-state index in [0.29, 0.717) is 0 Å². The maximum absolute atomic E-state index is 10.5. The van der Waals surface area contributed by atoms with Crippen molar-refractivity contribution in [2.45, 2.75) is 61.0 Å². The van der Waals surface area contributed by atoms with Gasteiger partial charge in [-0.25, -0.2) is 0 Å². The summed E-state index contributed by atoms with van der Waals surface area (Å²) in [5.74, 6) is -1.00. The maximum Gasteiger partial charge on any atom is 0.189 e. The van der Waals surface area contributed by atoms with Gasteiger partial charge in [0.05, 0.1) is 19.8 Å². The monoisotopic (exact) mass is 510 g/mol. The highest BCUT2D eigenvalue weighted by atomic mass is 16.4. The molecule has 0 aliphatic rings. The Morgan fingerprint density at radius 2 is 0.853 bits per heavy atom. The molecule has 0 aromatic rings. The Kier molecular flexibility index (Phi) is 22.6. The van der Waals surface area contributed by atoms with Gasteiger partial charge in [-0.2, -0.15) is 0 Å². The fourth-order valence-corrected chi connectivity index (χ4v) is 1.64. The van der Waals surface area contributed by atoms with Gasteiger partial charge in [0.1, 0.15) is 67.6 Å². The van der Waals surface area contributed by atoms with Crippen LogP contribution in [0.15, 0.2) is 0 Å². The van der Waals surface area contributed by atoms with E-state index in [1.807, 2.05) is 0 Å². The number of Topliss-reactive ketones (excluding diaryl/α,β-unsaturated/α-hetero) is 1. The third-order valence-electron chi connectivity index (χ3n) is 3.88. The molecule has 0 rings (SSSR count). The van der Waals surface area contributed by atoms with Crippen LogP contribution in [0, 0.1) is 0 Å². The molecule has 0 aliphatic heterocycles. The van der Waals surface area contributed by atoms with E-state index in [4.69, 9.17) is 71.5 Å². The van der Waals surface area contributed by atoms with Crippen LogP contribution in [0.25, 0.3) is 0 Å². The minimum absolute atomic E-state index is 0.0258. The van der Waals surface area contributed by atoms with Crippen LogP contribution in [-0.4, -0.2) is 177 Å². The van der Waals surface area contributed by atoms with Gasteiger partial charge in [0.2, 0.25) is 0 Å². The second-order valence-corrected chi connectivity index (χ2v) is 6.53. The summed E-state index contributed by atoms with van der Waals surface area (Å²) in [6.07, 6.45) is -16.7. The summed E-state index contributed by atoms with van der Waals surface area (Å²) in [4.78, 5) is 30.2. The number of ketones is 1. The van der Waals surface area contributed by atoms with E-state index in [-0.39, 0.29) is 12.6 Å². The highest BCUT2D eigenvalue weighted by molar-refractivity contribution is 5.84. The Balaban J connectivity index is -0.000000426. The molecule has 0 heterocycles. The molecular weight excluding hydrogens is 476 g/mol. The number of hydrogen-bond donors (Lipinski definition) is 14. The molecule has 34 heavy (non-hydrogen) atoms. The molecule has 0 aromatic carbocycles. The molecule has 0 bridgehead atoms. The number of rotatable bonds is 14. The SMILES string of the molecule is O=C(CO)[C@@H](O)[C@H](O)[C@H](O)CO.O=C[C@@H](O)[C@H](O)[C@H](O)CO.O=C[C@H](O)[C@@H](O)[C@H](O)[C@H](O)CO. The van der Waals surface area contributed by atoms with Crippen LogP contribution in [-0.2, 0) is 14.4 Å². The lowest BCUT2D eigenvalue weighted by atomic mass is 10.0. The Bertz CT molecular complexity index is 534. The predicted octanol–water partition coefficient (Wildman–Crippen LogP) is -9.50. The Hall–Kier alpha value is -1.55. The van der Waals surface area contributed by atoms with Crippen LogP contribution in [0.5, 0.6) is 0 Å². The Labute approximate surface area is 192 Å².